The third-order valence-electron chi connectivity index (χ3n) is 5.38. The van der Waals surface area contributed by atoms with Crippen molar-refractivity contribution < 1.29 is 17.9 Å². The number of ether oxygens (including phenoxy) is 1. The van der Waals surface area contributed by atoms with E-state index in [1.165, 1.54) is 18.2 Å². The van der Waals surface area contributed by atoms with Gasteiger partial charge in [-0.05, 0) is 42.8 Å². The summed E-state index contributed by atoms with van der Waals surface area (Å²) in [5.74, 6) is -1.36. The van der Waals surface area contributed by atoms with Crippen molar-refractivity contribution in [3.8, 4) is 28.5 Å². The highest BCUT2D eigenvalue weighted by atomic mass is 19.1. The summed E-state index contributed by atoms with van der Waals surface area (Å²) in [6, 6.07) is 9.55. The number of aromatic amines is 2. The van der Waals surface area contributed by atoms with Crippen molar-refractivity contribution in [3.63, 3.8) is 0 Å². The van der Waals surface area contributed by atoms with Crippen molar-refractivity contribution in [2.24, 2.45) is 0 Å². The largest absolute Gasteiger partial charge is 0.457 e. The Bertz CT molecular complexity index is 1350. The molecule has 0 unspecified atom stereocenters. The number of benzene rings is 2. The minimum Gasteiger partial charge on any atom is -0.457 e. The number of nitrogens with zero attached hydrogens (tertiary/aromatic N) is 2. The second-order valence-corrected chi connectivity index (χ2v) is 7.56. The summed E-state index contributed by atoms with van der Waals surface area (Å²) < 4.78 is 47.3. The van der Waals surface area contributed by atoms with Crippen LogP contribution in [0.4, 0.5) is 13.2 Å². The zero-order valence-electron chi connectivity index (χ0n) is 16.7. The number of alkyl halides is 1. The first-order valence-electron chi connectivity index (χ1n) is 10.0. The van der Waals surface area contributed by atoms with Gasteiger partial charge in [0, 0.05) is 29.6 Å². The van der Waals surface area contributed by atoms with Gasteiger partial charge in [-0.3, -0.25) is 14.9 Å². The first-order valence-corrected chi connectivity index (χ1v) is 10.0. The van der Waals surface area contributed by atoms with E-state index in [1.54, 1.807) is 18.2 Å². The van der Waals surface area contributed by atoms with Gasteiger partial charge in [0.1, 0.15) is 35.3 Å². The number of hydrogen-bond acceptors (Lipinski definition) is 5. The van der Waals surface area contributed by atoms with Crippen LogP contribution in [0.3, 0.4) is 0 Å². The number of hydrogen-bond donors (Lipinski definition) is 3. The van der Waals surface area contributed by atoms with Crippen LogP contribution in [-0.2, 0) is 0 Å². The first-order chi connectivity index (χ1) is 15.5. The lowest BCUT2D eigenvalue weighted by Gasteiger charge is -2.26. The van der Waals surface area contributed by atoms with E-state index >= 15 is 0 Å². The minimum atomic E-state index is -1.18. The SMILES string of the molecule is O=c1cc(-c2n[nH]c3ccc(-c4ccc(F)cc4F)cc23)nc(O[C@@H]2CNCC[C@H]2F)[nH]1. The zero-order chi connectivity index (χ0) is 22.2. The van der Waals surface area contributed by atoms with E-state index in [4.69, 9.17) is 4.74 Å². The van der Waals surface area contributed by atoms with E-state index < -0.39 is 29.5 Å². The number of aromatic nitrogens is 4. The Balaban J connectivity index is 1.54. The Morgan fingerprint density at radius 1 is 1.09 bits per heavy atom. The van der Waals surface area contributed by atoms with Crippen molar-refractivity contribution in [2.45, 2.75) is 18.7 Å². The highest BCUT2D eigenvalue weighted by Crippen LogP contribution is 2.31. The summed E-state index contributed by atoms with van der Waals surface area (Å²) in [5.41, 5.74) is 1.44. The molecule has 2 aromatic carbocycles. The van der Waals surface area contributed by atoms with Crippen molar-refractivity contribution in [1.82, 2.24) is 25.5 Å². The number of nitrogens with one attached hydrogen (secondary N) is 3. The summed E-state index contributed by atoms with van der Waals surface area (Å²) >= 11 is 0. The zero-order valence-corrected chi connectivity index (χ0v) is 16.7. The number of piperidine rings is 1. The fourth-order valence-electron chi connectivity index (χ4n) is 3.77. The molecule has 2 atom stereocenters. The molecule has 32 heavy (non-hydrogen) atoms. The maximum atomic E-state index is 14.3. The van der Waals surface area contributed by atoms with Gasteiger partial charge in [0.2, 0.25) is 0 Å². The van der Waals surface area contributed by atoms with Crippen LogP contribution in [0.25, 0.3) is 33.4 Å². The Hall–Kier alpha value is -3.66. The van der Waals surface area contributed by atoms with Crippen LogP contribution in [0.1, 0.15) is 6.42 Å². The molecule has 7 nitrogen and oxygen atoms in total. The Morgan fingerprint density at radius 2 is 1.97 bits per heavy atom. The fraction of sp³-hybridized carbons (Fsp3) is 0.227. The van der Waals surface area contributed by atoms with Crippen LogP contribution in [0, 0.1) is 11.6 Å². The van der Waals surface area contributed by atoms with E-state index in [2.05, 4.69) is 25.5 Å². The fourth-order valence-corrected chi connectivity index (χ4v) is 3.77. The smallest absolute Gasteiger partial charge is 0.297 e. The minimum absolute atomic E-state index is 0.110. The topological polar surface area (TPSA) is 95.7 Å². The number of H-pyrrole nitrogens is 2. The third-order valence-corrected chi connectivity index (χ3v) is 5.38. The molecule has 0 bridgehead atoms. The second-order valence-electron chi connectivity index (χ2n) is 7.56. The molecule has 2 aromatic heterocycles. The average Bonchev–Trinajstić information content (AvgIpc) is 3.18. The van der Waals surface area contributed by atoms with Crippen LogP contribution in [-0.4, -0.2) is 45.5 Å². The highest BCUT2D eigenvalue weighted by Gasteiger charge is 2.27. The molecule has 1 fully saturated rings. The van der Waals surface area contributed by atoms with Crippen LogP contribution < -0.4 is 15.6 Å². The Kier molecular flexibility index (Phi) is 5.14. The van der Waals surface area contributed by atoms with Gasteiger partial charge in [-0.15, -0.1) is 0 Å². The summed E-state index contributed by atoms with van der Waals surface area (Å²) in [5, 5.41) is 10.7. The molecule has 0 radical (unpaired) electrons. The van der Waals surface area contributed by atoms with Gasteiger partial charge < -0.3 is 10.1 Å². The molecule has 5 rings (SSSR count). The van der Waals surface area contributed by atoms with Gasteiger partial charge in [-0.25, -0.2) is 13.2 Å². The van der Waals surface area contributed by atoms with Crippen molar-refractivity contribution >= 4 is 10.9 Å². The monoisotopic (exact) mass is 441 g/mol. The molecule has 0 amide bonds. The number of fused-ring (bicyclic) bond motifs is 1. The second kappa shape index (κ2) is 8.12. The highest BCUT2D eigenvalue weighted by molar-refractivity contribution is 5.94. The molecule has 1 aliphatic heterocycles. The molecule has 0 aliphatic carbocycles. The summed E-state index contributed by atoms with van der Waals surface area (Å²) in [6.45, 7) is 0.855. The summed E-state index contributed by atoms with van der Waals surface area (Å²) in [6.07, 6.45) is -1.64. The number of rotatable bonds is 4. The molecule has 1 saturated heterocycles. The van der Waals surface area contributed by atoms with Gasteiger partial charge in [0.15, 0.2) is 0 Å². The molecule has 10 heteroatoms. The maximum Gasteiger partial charge on any atom is 0.297 e. The van der Waals surface area contributed by atoms with Gasteiger partial charge >= 0.3 is 0 Å². The maximum absolute atomic E-state index is 14.3. The van der Waals surface area contributed by atoms with Crippen LogP contribution in [0.5, 0.6) is 6.01 Å². The van der Waals surface area contributed by atoms with E-state index in [0.29, 0.717) is 41.7 Å². The number of halogens is 3. The van der Waals surface area contributed by atoms with Gasteiger partial charge in [-0.2, -0.15) is 10.1 Å². The van der Waals surface area contributed by atoms with E-state index in [-0.39, 0.29) is 17.3 Å². The Labute approximate surface area is 179 Å². The van der Waals surface area contributed by atoms with Crippen LogP contribution in [0.15, 0.2) is 47.3 Å². The van der Waals surface area contributed by atoms with Crippen LogP contribution in [0.2, 0.25) is 0 Å². The van der Waals surface area contributed by atoms with Crippen molar-refractivity contribution in [2.75, 3.05) is 13.1 Å². The van der Waals surface area contributed by atoms with Crippen LogP contribution >= 0.6 is 0 Å². The quantitative estimate of drug-likeness (QED) is 0.452. The lowest BCUT2D eigenvalue weighted by atomic mass is 10.0. The summed E-state index contributed by atoms with van der Waals surface area (Å²) in [7, 11) is 0. The molecule has 3 heterocycles. The van der Waals surface area contributed by atoms with E-state index in [1.807, 2.05) is 0 Å². The molecule has 3 N–H and O–H groups in total. The molecule has 4 aromatic rings. The Morgan fingerprint density at radius 3 is 2.78 bits per heavy atom. The van der Waals surface area contributed by atoms with Crippen molar-refractivity contribution in [1.29, 1.82) is 0 Å². The molecular formula is C22H18F3N5O2. The predicted molar refractivity (Wildman–Crippen MR) is 112 cm³/mol. The third kappa shape index (κ3) is 3.84. The first kappa shape index (κ1) is 20.3. The van der Waals surface area contributed by atoms with E-state index in [9.17, 15) is 18.0 Å². The average molecular weight is 441 g/mol. The lowest BCUT2D eigenvalue weighted by Crippen LogP contribution is -2.45. The van der Waals surface area contributed by atoms with Crippen molar-refractivity contribution in [3.05, 3.63) is 64.5 Å². The normalized spacial score (nSPS) is 18.7. The predicted octanol–water partition coefficient (Wildman–Crippen LogP) is 3.34. The molecular weight excluding hydrogens is 423 g/mol. The molecule has 164 valence electrons. The molecule has 1 aliphatic rings. The van der Waals surface area contributed by atoms with Gasteiger partial charge in [0.25, 0.3) is 11.6 Å². The lowest BCUT2D eigenvalue weighted by molar-refractivity contribution is 0.0666. The molecule has 0 saturated carbocycles. The van der Waals surface area contributed by atoms with Gasteiger partial charge in [-0.1, -0.05) is 6.07 Å². The summed E-state index contributed by atoms with van der Waals surface area (Å²) in [4.78, 5) is 19.0. The standard InChI is InChI=1S/C22H18F3N5O2/c23-12-2-3-13(16(25)8-12)11-1-4-17-14(7-11)21(30-29-17)18-9-20(31)28-22(27-18)32-19-10-26-6-5-15(19)24/h1-4,7-9,15,19,26H,5-6,10H2,(H,29,30)(H,27,28,31)/t15-,19-/m1/s1. The van der Waals surface area contributed by atoms with Gasteiger partial charge in [0.05, 0.1) is 5.52 Å². The molecule has 0 spiro atoms. The van der Waals surface area contributed by atoms with E-state index in [0.717, 1.165) is 6.07 Å².